The first kappa shape index (κ1) is 29.2. The summed E-state index contributed by atoms with van der Waals surface area (Å²) in [6.45, 7) is -0.381. The lowest BCUT2D eigenvalue weighted by molar-refractivity contribution is -0.230. The Morgan fingerprint density at radius 2 is 1.57 bits per heavy atom. The van der Waals surface area contributed by atoms with Gasteiger partial charge in [0.25, 0.3) is 7.82 Å². The molecule has 0 heterocycles. The van der Waals surface area contributed by atoms with Gasteiger partial charge >= 0.3 is 5.97 Å². The van der Waals surface area contributed by atoms with E-state index >= 15 is 0 Å². The molecule has 0 spiro atoms. The molecule has 0 rings (SSSR count). The molecule has 0 aliphatic carbocycles. The molecule has 0 aromatic rings. The van der Waals surface area contributed by atoms with Crippen molar-refractivity contribution < 1.29 is 43.4 Å². The number of hydrogen-bond donors (Lipinski definition) is 3. The minimum atomic E-state index is -4.75. The third-order valence-corrected chi connectivity index (χ3v) is 5.14. The second kappa shape index (κ2) is 18.9. The van der Waals surface area contributed by atoms with Crippen molar-refractivity contribution in [2.24, 2.45) is 0 Å². The van der Waals surface area contributed by atoms with E-state index in [-0.39, 0.29) is 6.42 Å². The Morgan fingerprint density at radius 3 is 2.17 bits per heavy atom. The first-order chi connectivity index (χ1) is 14.3. The third kappa shape index (κ3) is 18.0. The molecule has 3 N–H and O–H groups in total. The Balaban J connectivity index is 3.82. The van der Waals surface area contributed by atoms with Crippen LogP contribution in [0.2, 0.25) is 0 Å². The summed E-state index contributed by atoms with van der Waals surface area (Å²) in [4.78, 5) is 23.3. The van der Waals surface area contributed by atoms with Crippen LogP contribution in [0.25, 0.3) is 0 Å². The number of aliphatic hydroxyl groups excluding tert-OH is 3. The number of carbonyl (C=O) groups is 1. The smallest absolute Gasteiger partial charge is 0.306 e. The average molecular weight is 453 g/mol. The second-order valence-electron chi connectivity index (χ2n) is 7.06. The maximum atomic E-state index is 11.8. The van der Waals surface area contributed by atoms with Crippen LogP contribution in [0.4, 0.5) is 0 Å². The second-order valence-corrected chi connectivity index (χ2v) is 8.47. The molecule has 0 radical (unpaired) electrons. The number of phosphoric ester groups is 1. The highest BCUT2D eigenvalue weighted by atomic mass is 31.2. The van der Waals surface area contributed by atoms with E-state index in [4.69, 9.17) is 14.9 Å². The summed E-state index contributed by atoms with van der Waals surface area (Å²) in [7, 11) is -4.75. The van der Waals surface area contributed by atoms with Crippen LogP contribution in [0.15, 0.2) is 12.2 Å². The molecule has 0 saturated carbocycles. The first-order valence-electron chi connectivity index (χ1n) is 10.7. The lowest BCUT2D eigenvalue weighted by Crippen LogP contribution is -2.28. The number of ether oxygens (including phenoxy) is 1. The fraction of sp³-hybridized carbons (Fsp3) is 0.850. The van der Waals surface area contributed by atoms with Gasteiger partial charge < -0.3 is 34.0 Å². The number of allylic oxidation sites excluding steroid dienone is 2. The summed E-state index contributed by atoms with van der Waals surface area (Å²) in [5.74, 6) is -0.530. The van der Waals surface area contributed by atoms with Crippen LogP contribution in [-0.4, -0.2) is 59.9 Å². The summed E-state index contributed by atoms with van der Waals surface area (Å²) in [5.41, 5.74) is 0. The zero-order valence-corrected chi connectivity index (χ0v) is 18.8. The minimum absolute atomic E-state index is 0.187. The molecule has 0 aromatic heterocycles. The Morgan fingerprint density at radius 1 is 0.967 bits per heavy atom. The molecule has 0 saturated heterocycles. The molecule has 3 atom stereocenters. The van der Waals surface area contributed by atoms with Crippen molar-refractivity contribution in [3.05, 3.63) is 12.2 Å². The number of rotatable bonds is 20. The Hall–Kier alpha value is -0.800. The van der Waals surface area contributed by atoms with Crippen LogP contribution < -0.4 is 4.89 Å². The molecule has 0 aromatic carbocycles. The molecule has 178 valence electrons. The topological polar surface area (TPSA) is 146 Å². The van der Waals surface area contributed by atoms with Crippen LogP contribution in [0.1, 0.15) is 71.1 Å². The summed E-state index contributed by atoms with van der Waals surface area (Å²) >= 11 is 0. The van der Waals surface area contributed by atoms with Crippen molar-refractivity contribution in [2.75, 3.05) is 26.4 Å². The Bertz CT molecular complexity index is 499. The molecular weight excluding hydrogens is 415 g/mol. The van der Waals surface area contributed by atoms with E-state index in [0.29, 0.717) is 6.42 Å². The van der Waals surface area contributed by atoms with Gasteiger partial charge in [0, 0.05) is 6.42 Å². The lowest BCUT2D eigenvalue weighted by atomic mass is 10.1. The number of aliphatic hydroxyl groups is 3. The zero-order chi connectivity index (χ0) is 22.7. The maximum Gasteiger partial charge on any atom is 0.306 e. The molecule has 0 fully saturated rings. The fourth-order valence-corrected chi connectivity index (χ4v) is 3.29. The SMILES string of the molecule is CC/C=C/CCCCCCCCCC(=O)O[C@H](CO)COP(=O)([O-])OC[C@@H](O)CO. The van der Waals surface area contributed by atoms with Gasteiger partial charge in [-0.25, -0.2) is 0 Å². The number of esters is 1. The number of carbonyl (C=O) groups excluding carboxylic acids is 1. The molecule has 0 bridgehead atoms. The number of unbranched alkanes of at least 4 members (excludes halogenated alkanes) is 7. The van der Waals surface area contributed by atoms with Crippen molar-refractivity contribution in [3.8, 4) is 0 Å². The largest absolute Gasteiger partial charge is 0.756 e. The zero-order valence-electron chi connectivity index (χ0n) is 17.9. The van der Waals surface area contributed by atoms with E-state index in [1.165, 1.54) is 19.3 Å². The molecular formula is C20H38O9P-. The summed E-state index contributed by atoms with van der Waals surface area (Å²) in [6.07, 6.45) is 11.7. The molecule has 1 unspecified atom stereocenters. The maximum absolute atomic E-state index is 11.8. The molecule has 10 heteroatoms. The van der Waals surface area contributed by atoms with Crippen LogP contribution in [0.5, 0.6) is 0 Å². The Kier molecular flexibility index (Phi) is 18.4. The predicted octanol–water partition coefficient (Wildman–Crippen LogP) is 2.22. The number of hydrogen-bond acceptors (Lipinski definition) is 9. The monoisotopic (exact) mass is 453 g/mol. The van der Waals surface area contributed by atoms with E-state index < -0.39 is 52.4 Å². The third-order valence-electron chi connectivity index (χ3n) is 4.21. The van der Waals surface area contributed by atoms with Crippen molar-refractivity contribution in [1.82, 2.24) is 0 Å². The van der Waals surface area contributed by atoms with Gasteiger partial charge in [0.05, 0.1) is 26.4 Å². The van der Waals surface area contributed by atoms with E-state index in [1.54, 1.807) is 0 Å². The lowest BCUT2D eigenvalue weighted by Gasteiger charge is -2.25. The summed E-state index contributed by atoms with van der Waals surface area (Å²) in [5, 5.41) is 26.9. The van der Waals surface area contributed by atoms with Crippen molar-refractivity contribution in [3.63, 3.8) is 0 Å². The standard InChI is InChI=1S/C20H39O9P/c1-2-3-4-5-6-7-8-9-10-11-12-13-20(24)29-19(15-22)17-28-30(25,26)27-16-18(23)14-21/h3-4,18-19,21-23H,2,5-17H2,1H3,(H,25,26)/p-1/b4-3+/t18-,19+/m0/s1. The van der Waals surface area contributed by atoms with Gasteiger partial charge in [0.1, 0.15) is 12.2 Å². The predicted molar refractivity (Wildman–Crippen MR) is 111 cm³/mol. The number of phosphoric acid groups is 1. The minimum Gasteiger partial charge on any atom is -0.756 e. The highest BCUT2D eigenvalue weighted by Crippen LogP contribution is 2.38. The van der Waals surface area contributed by atoms with E-state index in [2.05, 4.69) is 28.1 Å². The summed E-state index contributed by atoms with van der Waals surface area (Å²) < 4.78 is 25.4. The van der Waals surface area contributed by atoms with Crippen LogP contribution >= 0.6 is 7.82 Å². The first-order valence-corrected chi connectivity index (χ1v) is 12.1. The van der Waals surface area contributed by atoms with Crippen molar-refractivity contribution in [2.45, 2.75) is 83.3 Å². The van der Waals surface area contributed by atoms with Gasteiger partial charge in [-0.05, 0) is 25.7 Å². The van der Waals surface area contributed by atoms with E-state index in [1.807, 2.05) is 0 Å². The quantitative estimate of drug-likeness (QED) is 0.109. The molecule has 0 aliphatic heterocycles. The van der Waals surface area contributed by atoms with E-state index in [9.17, 15) is 19.4 Å². The van der Waals surface area contributed by atoms with Crippen molar-refractivity contribution >= 4 is 13.8 Å². The average Bonchev–Trinajstić information content (AvgIpc) is 2.73. The highest BCUT2D eigenvalue weighted by Gasteiger charge is 2.19. The van der Waals surface area contributed by atoms with Gasteiger partial charge in [0.2, 0.25) is 0 Å². The van der Waals surface area contributed by atoms with Crippen LogP contribution in [0.3, 0.4) is 0 Å². The summed E-state index contributed by atoms with van der Waals surface area (Å²) in [6, 6.07) is 0. The molecule has 0 amide bonds. The van der Waals surface area contributed by atoms with Gasteiger partial charge in [-0.15, -0.1) is 0 Å². The highest BCUT2D eigenvalue weighted by molar-refractivity contribution is 7.45. The van der Waals surface area contributed by atoms with Gasteiger partial charge in [-0.1, -0.05) is 51.2 Å². The van der Waals surface area contributed by atoms with Gasteiger partial charge in [0.15, 0.2) is 0 Å². The van der Waals surface area contributed by atoms with Gasteiger partial charge in [-0.2, -0.15) is 0 Å². The van der Waals surface area contributed by atoms with Crippen molar-refractivity contribution in [1.29, 1.82) is 0 Å². The molecule has 30 heavy (non-hydrogen) atoms. The fourth-order valence-electron chi connectivity index (χ4n) is 2.51. The molecule has 0 aliphatic rings. The van der Waals surface area contributed by atoms with E-state index in [0.717, 1.165) is 32.1 Å². The Labute approximate surface area is 179 Å². The van der Waals surface area contributed by atoms with Gasteiger partial charge in [-0.3, -0.25) is 9.36 Å². The normalized spacial score (nSPS) is 15.8. The van der Waals surface area contributed by atoms with Crippen LogP contribution in [-0.2, 0) is 23.1 Å². The van der Waals surface area contributed by atoms with Crippen LogP contribution in [0, 0.1) is 0 Å². The molecule has 9 nitrogen and oxygen atoms in total.